The lowest BCUT2D eigenvalue weighted by Gasteiger charge is -2.20. The summed E-state index contributed by atoms with van der Waals surface area (Å²) in [5.41, 5.74) is 6.88. The van der Waals surface area contributed by atoms with Gasteiger partial charge in [-0.2, -0.15) is 0 Å². The second-order valence-corrected chi connectivity index (χ2v) is 5.65. The molecule has 20 heavy (non-hydrogen) atoms. The Hall–Kier alpha value is -1.73. The van der Waals surface area contributed by atoms with Gasteiger partial charge in [-0.25, -0.2) is 9.89 Å². The smallest absolute Gasteiger partial charge is 0.343 e. The lowest BCUT2D eigenvalue weighted by molar-refractivity contribution is 0.414. The van der Waals surface area contributed by atoms with Crippen LogP contribution in [-0.2, 0) is 7.05 Å². The van der Waals surface area contributed by atoms with E-state index in [9.17, 15) is 4.79 Å². The molecule has 2 atom stereocenters. The van der Waals surface area contributed by atoms with Crippen molar-refractivity contribution in [3.8, 4) is 5.75 Å². The second-order valence-electron chi connectivity index (χ2n) is 4.54. The highest BCUT2D eigenvalue weighted by atomic mass is 32.2. The van der Waals surface area contributed by atoms with Gasteiger partial charge in [0.25, 0.3) is 0 Å². The Morgan fingerprint density at radius 2 is 2.25 bits per heavy atom. The van der Waals surface area contributed by atoms with Gasteiger partial charge in [0.1, 0.15) is 5.75 Å². The summed E-state index contributed by atoms with van der Waals surface area (Å²) in [7, 11) is 3.31. The minimum Gasteiger partial charge on any atom is -0.497 e. The maximum absolute atomic E-state index is 11.4. The van der Waals surface area contributed by atoms with E-state index in [1.165, 1.54) is 16.3 Å². The van der Waals surface area contributed by atoms with Crippen LogP contribution in [-0.4, -0.2) is 27.9 Å². The van der Waals surface area contributed by atoms with Crippen LogP contribution < -0.4 is 16.2 Å². The van der Waals surface area contributed by atoms with Gasteiger partial charge in [-0.05, 0) is 24.6 Å². The van der Waals surface area contributed by atoms with Gasteiger partial charge < -0.3 is 10.5 Å². The maximum atomic E-state index is 11.4. The molecule has 0 radical (unpaired) electrons. The second kappa shape index (κ2) is 6.15. The van der Waals surface area contributed by atoms with Crippen molar-refractivity contribution < 1.29 is 4.74 Å². The van der Waals surface area contributed by atoms with E-state index < -0.39 is 0 Å². The molecule has 7 heteroatoms. The number of methoxy groups -OCH3 is 1. The monoisotopic (exact) mass is 294 g/mol. The van der Waals surface area contributed by atoms with E-state index in [4.69, 9.17) is 10.5 Å². The SMILES string of the molecule is COc1cccc(C(Sc2n[nH]c(=O)n2C)C(C)N)c1. The van der Waals surface area contributed by atoms with E-state index >= 15 is 0 Å². The highest BCUT2D eigenvalue weighted by Crippen LogP contribution is 2.36. The first-order valence-corrected chi connectivity index (χ1v) is 7.08. The number of H-pyrrole nitrogens is 1. The third-order valence-corrected chi connectivity index (χ3v) is 4.50. The molecule has 0 aliphatic rings. The van der Waals surface area contributed by atoms with Gasteiger partial charge in [-0.1, -0.05) is 23.9 Å². The molecule has 0 bridgehead atoms. The first-order valence-electron chi connectivity index (χ1n) is 6.20. The standard InChI is InChI=1S/C13H18N4O2S/c1-8(14)11(9-5-4-6-10(7-9)19-3)20-13-16-15-12(18)17(13)2/h4-8,11H,14H2,1-3H3,(H,15,18). The number of nitrogens with one attached hydrogen (secondary N) is 1. The van der Waals surface area contributed by atoms with Gasteiger partial charge >= 0.3 is 5.69 Å². The number of aromatic nitrogens is 3. The van der Waals surface area contributed by atoms with E-state index in [-0.39, 0.29) is 17.0 Å². The summed E-state index contributed by atoms with van der Waals surface area (Å²) in [6.07, 6.45) is 0. The van der Waals surface area contributed by atoms with Crippen molar-refractivity contribution in [2.45, 2.75) is 23.4 Å². The van der Waals surface area contributed by atoms with E-state index in [1.807, 2.05) is 31.2 Å². The van der Waals surface area contributed by atoms with Crippen LogP contribution >= 0.6 is 11.8 Å². The molecule has 0 fully saturated rings. The number of benzene rings is 1. The predicted molar refractivity (Wildman–Crippen MR) is 79.1 cm³/mol. The maximum Gasteiger partial charge on any atom is 0.343 e. The summed E-state index contributed by atoms with van der Waals surface area (Å²) < 4.78 is 6.71. The molecule has 0 amide bonds. The fourth-order valence-corrected chi connectivity index (χ4v) is 2.91. The van der Waals surface area contributed by atoms with Gasteiger partial charge in [-0.15, -0.1) is 5.10 Å². The third-order valence-electron chi connectivity index (χ3n) is 2.97. The highest BCUT2D eigenvalue weighted by Gasteiger charge is 2.21. The zero-order chi connectivity index (χ0) is 14.7. The summed E-state index contributed by atoms with van der Waals surface area (Å²) >= 11 is 1.46. The summed E-state index contributed by atoms with van der Waals surface area (Å²) in [5.74, 6) is 0.782. The van der Waals surface area contributed by atoms with E-state index in [2.05, 4.69) is 10.2 Å². The highest BCUT2D eigenvalue weighted by molar-refractivity contribution is 7.99. The molecule has 1 aromatic heterocycles. The number of rotatable bonds is 5. The van der Waals surface area contributed by atoms with Crippen molar-refractivity contribution in [3.05, 3.63) is 40.3 Å². The molecule has 0 aliphatic heterocycles. The molecule has 1 heterocycles. The zero-order valence-electron chi connectivity index (χ0n) is 11.7. The number of hydrogen-bond donors (Lipinski definition) is 2. The molecule has 0 saturated carbocycles. The molecule has 0 saturated heterocycles. The molecule has 0 spiro atoms. The van der Waals surface area contributed by atoms with Crippen LogP contribution in [0.2, 0.25) is 0 Å². The number of nitrogens with zero attached hydrogens (tertiary/aromatic N) is 2. The van der Waals surface area contributed by atoms with Crippen molar-refractivity contribution in [3.63, 3.8) is 0 Å². The largest absolute Gasteiger partial charge is 0.497 e. The van der Waals surface area contributed by atoms with Crippen LogP contribution in [0.25, 0.3) is 0 Å². The average molecular weight is 294 g/mol. The molecular formula is C13H18N4O2S. The van der Waals surface area contributed by atoms with Crippen LogP contribution in [0.4, 0.5) is 0 Å². The van der Waals surface area contributed by atoms with Gasteiger partial charge in [0, 0.05) is 13.1 Å². The van der Waals surface area contributed by atoms with Gasteiger partial charge in [0.2, 0.25) is 0 Å². The number of hydrogen-bond acceptors (Lipinski definition) is 5. The van der Waals surface area contributed by atoms with Crippen molar-refractivity contribution in [2.75, 3.05) is 7.11 Å². The Balaban J connectivity index is 2.31. The molecule has 6 nitrogen and oxygen atoms in total. The minimum absolute atomic E-state index is 0.0148. The third kappa shape index (κ3) is 3.05. The van der Waals surface area contributed by atoms with Crippen molar-refractivity contribution in [2.24, 2.45) is 12.8 Å². The van der Waals surface area contributed by atoms with Gasteiger partial charge in [0.05, 0.1) is 12.4 Å². The number of nitrogens with two attached hydrogens (primary N) is 1. The Kier molecular flexibility index (Phi) is 4.51. The lowest BCUT2D eigenvalue weighted by atomic mass is 10.1. The Morgan fingerprint density at radius 1 is 1.50 bits per heavy atom. The Morgan fingerprint density at radius 3 is 2.80 bits per heavy atom. The van der Waals surface area contributed by atoms with E-state index in [1.54, 1.807) is 14.2 Å². The van der Waals surface area contributed by atoms with Crippen LogP contribution in [0, 0.1) is 0 Å². The fourth-order valence-electron chi connectivity index (χ4n) is 1.85. The van der Waals surface area contributed by atoms with Gasteiger partial charge in [-0.3, -0.25) is 4.57 Å². The lowest BCUT2D eigenvalue weighted by Crippen LogP contribution is -2.23. The minimum atomic E-state index is -0.235. The van der Waals surface area contributed by atoms with Crippen LogP contribution in [0.1, 0.15) is 17.7 Å². The number of thioether (sulfide) groups is 1. The zero-order valence-corrected chi connectivity index (χ0v) is 12.5. The van der Waals surface area contributed by atoms with Crippen LogP contribution in [0.5, 0.6) is 5.75 Å². The predicted octanol–water partition coefficient (Wildman–Crippen LogP) is 1.30. The molecule has 2 aromatic rings. The molecule has 1 aromatic carbocycles. The molecule has 0 aliphatic carbocycles. The summed E-state index contributed by atoms with van der Waals surface area (Å²) in [4.78, 5) is 11.4. The molecule has 108 valence electrons. The number of ether oxygens (including phenoxy) is 1. The Bertz CT molecular complexity index is 635. The Labute approximate surface area is 121 Å². The van der Waals surface area contributed by atoms with Crippen molar-refractivity contribution >= 4 is 11.8 Å². The average Bonchev–Trinajstić information content (AvgIpc) is 2.76. The quantitative estimate of drug-likeness (QED) is 0.812. The normalized spacial score (nSPS) is 14.0. The van der Waals surface area contributed by atoms with Gasteiger partial charge in [0.15, 0.2) is 5.16 Å². The summed E-state index contributed by atoms with van der Waals surface area (Å²) in [6.45, 7) is 1.93. The molecule has 3 N–H and O–H groups in total. The first kappa shape index (κ1) is 14.7. The topological polar surface area (TPSA) is 85.9 Å². The van der Waals surface area contributed by atoms with Crippen LogP contribution in [0.3, 0.4) is 0 Å². The first-order chi connectivity index (χ1) is 9.52. The summed E-state index contributed by atoms with van der Waals surface area (Å²) in [6, 6.07) is 7.66. The number of aromatic amines is 1. The van der Waals surface area contributed by atoms with E-state index in [0.29, 0.717) is 5.16 Å². The van der Waals surface area contributed by atoms with Crippen molar-refractivity contribution in [1.82, 2.24) is 14.8 Å². The molecule has 2 rings (SSSR count). The molecular weight excluding hydrogens is 276 g/mol. The van der Waals surface area contributed by atoms with E-state index in [0.717, 1.165) is 11.3 Å². The summed E-state index contributed by atoms with van der Waals surface area (Å²) in [5, 5.41) is 7.03. The van der Waals surface area contributed by atoms with Crippen LogP contribution in [0.15, 0.2) is 34.2 Å². The fraction of sp³-hybridized carbons (Fsp3) is 0.385. The molecule has 2 unspecified atom stereocenters. The van der Waals surface area contributed by atoms with Crippen molar-refractivity contribution in [1.29, 1.82) is 0 Å².